The summed E-state index contributed by atoms with van der Waals surface area (Å²) < 4.78 is 14.1. The zero-order valence-corrected chi connectivity index (χ0v) is 18.3. The Morgan fingerprint density at radius 3 is 2.52 bits per heavy atom. The van der Waals surface area contributed by atoms with Crippen molar-refractivity contribution < 1.29 is 14.0 Å². The van der Waals surface area contributed by atoms with Crippen LogP contribution in [-0.2, 0) is 4.79 Å². The third-order valence-corrected chi connectivity index (χ3v) is 7.58. The Morgan fingerprint density at radius 1 is 1.10 bits per heavy atom. The van der Waals surface area contributed by atoms with Crippen LogP contribution in [0.5, 0.6) is 0 Å². The molecule has 3 fully saturated rings. The Labute approximate surface area is 182 Å². The normalized spacial score (nSPS) is 28.8. The predicted molar refractivity (Wildman–Crippen MR) is 117 cm³/mol. The number of aromatic nitrogens is 1. The molecule has 3 aliphatic rings. The van der Waals surface area contributed by atoms with Gasteiger partial charge < -0.3 is 15.2 Å². The van der Waals surface area contributed by atoms with Crippen LogP contribution < -0.4 is 5.32 Å². The largest absolute Gasteiger partial charge is 0.350 e. The lowest BCUT2D eigenvalue weighted by Gasteiger charge is -2.47. The molecule has 2 amide bonds. The van der Waals surface area contributed by atoms with E-state index in [1.807, 2.05) is 11.8 Å². The molecule has 1 aromatic heterocycles. The van der Waals surface area contributed by atoms with E-state index in [1.54, 1.807) is 19.1 Å². The Balaban J connectivity index is 1.26. The Hall–Kier alpha value is -2.41. The summed E-state index contributed by atoms with van der Waals surface area (Å²) in [5.41, 5.74) is 2.03. The zero-order valence-electron chi connectivity index (χ0n) is 18.3. The Bertz CT molecular complexity index is 965. The fourth-order valence-corrected chi connectivity index (χ4v) is 6.07. The van der Waals surface area contributed by atoms with E-state index in [2.05, 4.69) is 15.2 Å². The second-order valence-electron chi connectivity index (χ2n) is 9.58. The third-order valence-electron chi connectivity index (χ3n) is 7.58. The standard InChI is InChI=1S/C24H31FN4O2/c1-14-6-9-21(25)20-11-22(27-23(14)20)24(31)26-16-4-3-5-17(10-16)29-18-7-8-19(29)13-28(12-18)15(2)30/h6,9,11,16-19,27H,3-5,7-8,10,12-13H2,1-2H3,(H,26,31)/t16-,17-,18?,19?/m1/s1. The molecule has 5 rings (SSSR count). The van der Waals surface area contributed by atoms with Gasteiger partial charge in [-0.05, 0) is 63.1 Å². The summed E-state index contributed by atoms with van der Waals surface area (Å²) >= 11 is 0. The lowest BCUT2D eigenvalue weighted by molar-refractivity contribution is -0.133. The van der Waals surface area contributed by atoms with Gasteiger partial charge >= 0.3 is 0 Å². The molecule has 31 heavy (non-hydrogen) atoms. The van der Waals surface area contributed by atoms with Gasteiger partial charge in [-0.3, -0.25) is 14.5 Å². The number of fused-ring (bicyclic) bond motifs is 3. The van der Waals surface area contributed by atoms with Gasteiger partial charge in [0, 0.05) is 49.6 Å². The van der Waals surface area contributed by atoms with E-state index in [1.165, 1.54) is 6.07 Å². The molecular formula is C24H31FN4O2. The van der Waals surface area contributed by atoms with Gasteiger partial charge in [-0.1, -0.05) is 6.07 Å². The van der Waals surface area contributed by atoms with Crippen molar-refractivity contribution >= 4 is 22.7 Å². The number of nitrogens with one attached hydrogen (secondary N) is 2. The van der Waals surface area contributed by atoms with Gasteiger partial charge in [0.25, 0.3) is 5.91 Å². The first-order valence-electron chi connectivity index (χ1n) is 11.5. The summed E-state index contributed by atoms with van der Waals surface area (Å²) in [6, 6.07) is 6.25. The molecule has 2 bridgehead atoms. The SMILES string of the molecule is CC(=O)N1CC2CCC(C1)N2[C@@H]1CCC[C@@H](NC(=O)c2cc3c(F)ccc(C)c3[nH]2)C1. The Morgan fingerprint density at radius 2 is 1.84 bits per heavy atom. The van der Waals surface area contributed by atoms with Crippen LogP contribution in [0, 0.1) is 12.7 Å². The minimum atomic E-state index is -0.311. The first-order valence-corrected chi connectivity index (χ1v) is 11.5. The van der Waals surface area contributed by atoms with Crippen LogP contribution in [0.3, 0.4) is 0 Å². The summed E-state index contributed by atoms with van der Waals surface area (Å²) in [7, 11) is 0. The van der Waals surface area contributed by atoms with E-state index in [9.17, 15) is 14.0 Å². The number of nitrogens with zero attached hydrogens (tertiary/aromatic N) is 2. The second kappa shape index (κ2) is 7.93. The monoisotopic (exact) mass is 426 g/mol. The van der Waals surface area contributed by atoms with Crippen molar-refractivity contribution in [3.8, 4) is 0 Å². The smallest absolute Gasteiger partial charge is 0.267 e. The number of carbonyl (C=O) groups excluding carboxylic acids is 2. The Kier molecular flexibility index (Phi) is 5.24. The van der Waals surface area contributed by atoms with E-state index in [0.717, 1.165) is 57.2 Å². The first kappa shape index (κ1) is 20.5. The molecule has 3 heterocycles. The number of likely N-dealkylation sites (tertiary alicyclic amines) is 1. The summed E-state index contributed by atoms with van der Waals surface area (Å²) in [5.74, 6) is -0.297. The van der Waals surface area contributed by atoms with E-state index in [0.29, 0.717) is 34.7 Å². The number of aryl methyl sites for hydroxylation is 1. The van der Waals surface area contributed by atoms with E-state index < -0.39 is 0 Å². The topological polar surface area (TPSA) is 68.4 Å². The van der Waals surface area contributed by atoms with Crippen LogP contribution in [-0.4, -0.2) is 63.9 Å². The highest BCUT2D eigenvalue weighted by molar-refractivity contribution is 5.99. The van der Waals surface area contributed by atoms with Crippen molar-refractivity contribution in [2.45, 2.75) is 76.5 Å². The maximum atomic E-state index is 14.1. The second-order valence-corrected chi connectivity index (χ2v) is 9.58. The van der Waals surface area contributed by atoms with Crippen molar-refractivity contribution in [3.05, 3.63) is 35.3 Å². The number of hydrogen-bond acceptors (Lipinski definition) is 3. The summed E-state index contributed by atoms with van der Waals surface area (Å²) in [6.07, 6.45) is 6.45. The quantitative estimate of drug-likeness (QED) is 0.791. The molecule has 0 spiro atoms. The van der Waals surface area contributed by atoms with Gasteiger partial charge in [-0.2, -0.15) is 0 Å². The number of H-pyrrole nitrogens is 1. The molecule has 7 heteroatoms. The number of aromatic amines is 1. The highest BCUT2D eigenvalue weighted by Gasteiger charge is 2.44. The molecule has 2 aromatic rings. The van der Waals surface area contributed by atoms with E-state index in [4.69, 9.17) is 0 Å². The summed E-state index contributed by atoms with van der Waals surface area (Å²) in [6.45, 7) is 5.24. The fraction of sp³-hybridized carbons (Fsp3) is 0.583. The average molecular weight is 427 g/mol. The first-order chi connectivity index (χ1) is 14.9. The number of benzene rings is 1. The predicted octanol–water partition coefficient (Wildman–Crippen LogP) is 3.35. The van der Waals surface area contributed by atoms with Gasteiger partial charge in [0.15, 0.2) is 0 Å². The number of piperazine rings is 1. The molecule has 166 valence electrons. The van der Waals surface area contributed by atoms with Gasteiger partial charge in [0.2, 0.25) is 5.91 Å². The molecule has 1 aromatic carbocycles. The van der Waals surface area contributed by atoms with E-state index >= 15 is 0 Å². The van der Waals surface area contributed by atoms with Gasteiger partial charge in [-0.25, -0.2) is 4.39 Å². The molecule has 1 aliphatic carbocycles. The minimum absolute atomic E-state index is 0.119. The maximum Gasteiger partial charge on any atom is 0.267 e. The summed E-state index contributed by atoms with van der Waals surface area (Å²) in [5, 5.41) is 3.66. The molecule has 2 unspecified atom stereocenters. The average Bonchev–Trinajstić information content (AvgIpc) is 3.31. The molecule has 2 saturated heterocycles. The number of amides is 2. The molecule has 6 nitrogen and oxygen atoms in total. The molecule has 4 atom stereocenters. The summed E-state index contributed by atoms with van der Waals surface area (Å²) in [4.78, 5) is 32.5. The van der Waals surface area contributed by atoms with Gasteiger partial charge in [-0.15, -0.1) is 0 Å². The van der Waals surface area contributed by atoms with Crippen LogP contribution in [0.1, 0.15) is 61.5 Å². The molecular weight excluding hydrogens is 395 g/mol. The van der Waals surface area contributed by atoms with Crippen molar-refractivity contribution in [1.29, 1.82) is 0 Å². The van der Waals surface area contributed by atoms with Crippen molar-refractivity contribution in [1.82, 2.24) is 20.1 Å². The highest BCUT2D eigenvalue weighted by Crippen LogP contribution is 2.36. The third kappa shape index (κ3) is 3.73. The van der Waals surface area contributed by atoms with Crippen LogP contribution >= 0.6 is 0 Å². The highest BCUT2D eigenvalue weighted by atomic mass is 19.1. The van der Waals surface area contributed by atoms with Crippen LogP contribution in [0.25, 0.3) is 10.9 Å². The molecule has 1 saturated carbocycles. The lowest BCUT2D eigenvalue weighted by Crippen LogP contribution is -2.59. The van der Waals surface area contributed by atoms with Gasteiger partial charge in [0.05, 0.1) is 5.52 Å². The number of rotatable bonds is 3. The number of carbonyl (C=O) groups is 2. The van der Waals surface area contributed by atoms with Crippen molar-refractivity contribution in [2.75, 3.05) is 13.1 Å². The molecule has 2 N–H and O–H groups in total. The van der Waals surface area contributed by atoms with Gasteiger partial charge in [0.1, 0.15) is 11.5 Å². The molecule has 2 aliphatic heterocycles. The van der Waals surface area contributed by atoms with Crippen molar-refractivity contribution in [3.63, 3.8) is 0 Å². The number of halogens is 1. The van der Waals surface area contributed by atoms with Crippen LogP contribution in [0.4, 0.5) is 4.39 Å². The maximum absolute atomic E-state index is 14.1. The van der Waals surface area contributed by atoms with Crippen LogP contribution in [0.2, 0.25) is 0 Å². The van der Waals surface area contributed by atoms with E-state index in [-0.39, 0.29) is 23.7 Å². The molecule has 0 radical (unpaired) electrons. The zero-order chi connectivity index (χ0) is 21.7. The lowest BCUT2D eigenvalue weighted by atomic mass is 9.88. The fourth-order valence-electron chi connectivity index (χ4n) is 6.07. The van der Waals surface area contributed by atoms with Crippen molar-refractivity contribution in [2.24, 2.45) is 0 Å². The minimum Gasteiger partial charge on any atom is -0.350 e. The number of hydrogen-bond donors (Lipinski definition) is 2. The van der Waals surface area contributed by atoms with Crippen LogP contribution in [0.15, 0.2) is 18.2 Å².